The average molecular weight is 325 g/mol. The molecule has 0 aromatic carbocycles. The highest BCUT2D eigenvalue weighted by Gasteiger charge is 2.19. The highest BCUT2D eigenvalue weighted by atomic mass is 16.1. The lowest BCUT2D eigenvalue weighted by atomic mass is 10.3. The van der Waals surface area contributed by atoms with E-state index >= 15 is 0 Å². The number of rotatable bonds is 4. The van der Waals surface area contributed by atoms with E-state index in [1.165, 1.54) is 0 Å². The Morgan fingerprint density at radius 2 is 1.96 bits per heavy atom. The number of nitrogens with zero attached hydrogens (tertiary/aromatic N) is 5. The maximum atomic E-state index is 12.6. The van der Waals surface area contributed by atoms with E-state index in [2.05, 4.69) is 20.4 Å². The standard InChI is InChI=1S/C16H19N7O/c1-10-4-5-11(2)23(10)16-12(8-20-22(16)3)15(24)19-9-14-18-7-6-13(17)21-14/h4-8H,9H2,1-3H3,(H,19,24)(H2,17,18,21). The van der Waals surface area contributed by atoms with E-state index in [9.17, 15) is 4.79 Å². The normalized spacial score (nSPS) is 10.8. The second kappa shape index (κ2) is 6.15. The van der Waals surface area contributed by atoms with Crippen LogP contribution in [-0.4, -0.2) is 30.2 Å². The Labute approximate surface area is 139 Å². The third-order valence-corrected chi connectivity index (χ3v) is 3.77. The van der Waals surface area contributed by atoms with E-state index in [0.717, 1.165) is 17.2 Å². The largest absolute Gasteiger partial charge is 0.384 e. The number of anilines is 1. The second-order valence-corrected chi connectivity index (χ2v) is 5.54. The van der Waals surface area contributed by atoms with Gasteiger partial charge >= 0.3 is 0 Å². The van der Waals surface area contributed by atoms with Crippen molar-refractivity contribution >= 4 is 11.7 Å². The molecule has 3 aromatic rings. The minimum Gasteiger partial charge on any atom is -0.384 e. The Bertz CT molecular complexity index is 874. The van der Waals surface area contributed by atoms with Crippen molar-refractivity contribution in [2.45, 2.75) is 20.4 Å². The maximum Gasteiger partial charge on any atom is 0.257 e. The number of amides is 1. The molecular formula is C16H19N7O. The van der Waals surface area contributed by atoms with Gasteiger partial charge in [0.2, 0.25) is 0 Å². The molecule has 24 heavy (non-hydrogen) atoms. The molecular weight excluding hydrogens is 306 g/mol. The van der Waals surface area contributed by atoms with Crippen LogP contribution in [0.3, 0.4) is 0 Å². The molecule has 1 amide bonds. The van der Waals surface area contributed by atoms with Gasteiger partial charge in [-0.05, 0) is 32.0 Å². The number of aromatic nitrogens is 5. The molecule has 0 bridgehead atoms. The van der Waals surface area contributed by atoms with Crippen molar-refractivity contribution in [2.75, 3.05) is 5.73 Å². The number of carbonyl (C=O) groups excluding carboxylic acids is 1. The zero-order chi connectivity index (χ0) is 17.3. The van der Waals surface area contributed by atoms with Gasteiger partial charge in [-0.2, -0.15) is 5.10 Å². The van der Waals surface area contributed by atoms with E-state index < -0.39 is 0 Å². The molecule has 0 aliphatic rings. The molecule has 8 heteroatoms. The van der Waals surface area contributed by atoms with Gasteiger partial charge in [0.1, 0.15) is 23.0 Å². The lowest BCUT2D eigenvalue weighted by Crippen LogP contribution is -2.25. The van der Waals surface area contributed by atoms with Gasteiger partial charge in [-0.3, -0.25) is 9.48 Å². The fraction of sp³-hybridized carbons (Fsp3) is 0.250. The quantitative estimate of drug-likeness (QED) is 0.748. The summed E-state index contributed by atoms with van der Waals surface area (Å²) in [5.74, 6) is 1.31. The van der Waals surface area contributed by atoms with Crippen molar-refractivity contribution in [3.8, 4) is 5.82 Å². The summed E-state index contributed by atoms with van der Waals surface area (Å²) in [4.78, 5) is 20.7. The predicted molar refractivity (Wildman–Crippen MR) is 89.6 cm³/mol. The zero-order valence-corrected chi connectivity index (χ0v) is 13.8. The summed E-state index contributed by atoms with van der Waals surface area (Å²) in [6, 6.07) is 5.61. The van der Waals surface area contributed by atoms with Crippen LogP contribution in [0.5, 0.6) is 0 Å². The number of carbonyl (C=O) groups is 1. The number of nitrogen functional groups attached to an aromatic ring is 1. The molecule has 3 rings (SSSR count). The fourth-order valence-corrected chi connectivity index (χ4v) is 2.61. The molecule has 3 N–H and O–H groups in total. The average Bonchev–Trinajstić information content (AvgIpc) is 3.07. The number of nitrogens with one attached hydrogen (secondary N) is 1. The highest BCUT2D eigenvalue weighted by Crippen LogP contribution is 2.19. The Hall–Kier alpha value is -3.16. The van der Waals surface area contributed by atoms with Gasteiger partial charge in [-0.25, -0.2) is 9.97 Å². The first kappa shape index (κ1) is 15.7. The third-order valence-electron chi connectivity index (χ3n) is 3.77. The minimum absolute atomic E-state index is 0.196. The van der Waals surface area contributed by atoms with Crippen LogP contribution in [0.2, 0.25) is 0 Å². The van der Waals surface area contributed by atoms with E-state index in [4.69, 9.17) is 5.73 Å². The van der Waals surface area contributed by atoms with E-state index in [1.807, 2.05) is 37.6 Å². The topological polar surface area (TPSA) is 104 Å². The van der Waals surface area contributed by atoms with Crippen molar-refractivity contribution in [2.24, 2.45) is 7.05 Å². The van der Waals surface area contributed by atoms with E-state index in [0.29, 0.717) is 17.2 Å². The van der Waals surface area contributed by atoms with Crippen molar-refractivity contribution in [1.29, 1.82) is 0 Å². The molecule has 3 heterocycles. The van der Waals surface area contributed by atoms with Gasteiger partial charge in [0.05, 0.1) is 12.7 Å². The fourth-order valence-electron chi connectivity index (χ4n) is 2.61. The monoisotopic (exact) mass is 325 g/mol. The molecule has 0 saturated heterocycles. The summed E-state index contributed by atoms with van der Waals surface area (Å²) in [6.07, 6.45) is 3.12. The molecule has 0 spiro atoms. The SMILES string of the molecule is Cc1ccc(C)n1-c1c(C(=O)NCc2nccc(N)n2)cnn1C. The number of hydrogen-bond acceptors (Lipinski definition) is 5. The van der Waals surface area contributed by atoms with E-state index in [-0.39, 0.29) is 12.5 Å². The molecule has 0 saturated carbocycles. The second-order valence-electron chi connectivity index (χ2n) is 5.54. The van der Waals surface area contributed by atoms with Gasteiger partial charge in [0.15, 0.2) is 0 Å². The van der Waals surface area contributed by atoms with Crippen LogP contribution >= 0.6 is 0 Å². The Balaban J connectivity index is 1.86. The lowest BCUT2D eigenvalue weighted by molar-refractivity contribution is 0.0950. The van der Waals surface area contributed by atoms with Gasteiger partial charge in [0, 0.05) is 24.6 Å². The van der Waals surface area contributed by atoms with Gasteiger partial charge in [0.25, 0.3) is 5.91 Å². The van der Waals surface area contributed by atoms with Crippen molar-refractivity contribution < 1.29 is 4.79 Å². The van der Waals surface area contributed by atoms with Crippen LogP contribution in [0, 0.1) is 13.8 Å². The van der Waals surface area contributed by atoms with E-state index in [1.54, 1.807) is 23.1 Å². The first-order chi connectivity index (χ1) is 11.5. The van der Waals surface area contributed by atoms with Crippen LogP contribution in [-0.2, 0) is 13.6 Å². The van der Waals surface area contributed by atoms with Crippen LogP contribution in [0.25, 0.3) is 5.82 Å². The molecule has 0 atom stereocenters. The first-order valence-corrected chi connectivity index (χ1v) is 7.50. The molecule has 0 fully saturated rings. The predicted octanol–water partition coefficient (Wildman–Crippen LogP) is 1.13. The van der Waals surface area contributed by atoms with Gasteiger partial charge < -0.3 is 15.6 Å². The lowest BCUT2D eigenvalue weighted by Gasteiger charge is -2.12. The van der Waals surface area contributed by atoms with Crippen molar-refractivity contribution in [3.05, 3.63) is 53.4 Å². The molecule has 0 aliphatic carbocycles. The van der Waals surface area contributed by atoms with Crippen LogP contribution in [0.15, 0.2) is 30.6 Å². The summed E-state index contributed by atoms with van der Waals surface area (Å²) in [5.41, 5.74) is 8.17. The Morgan fingerprint density at radius 3 is 2.62 bits per heavy atom. The third kappa shape index (κ3) is 2.85. The Morgan fingerprint density at radius 1 is 1.25 bits per heavy atom. The number of hydrogen-bond donors (Lipinski definition) is 2. The minimum atomic E-state index is -0.239. The van der Waals surface area contributed by atoms with Crippen molar-refractivity contribution in [1.82, 2.24) is 29.6 Å². The highest BCUT2D eigenvalue weighted by molar-refractivity contribution is 5.97. The summed E-state index contributed by atoms with van der Waals surface area (Å²) in [5, 5.41) is 7.04. The summed E-state index contributed by atoms with van der Waals surface area (Å²) < 4.78 is 3.69. The number of aryl methyl sites for hydroxylation is 3. The summed E-state index contributed by atoms with van der Waals surface area (Å²) in [6.45, 7) is 4.17. The van der Waals surface area contributed by atoms with Crippen LogP contribution in [0.1, 0.15) is 27.6 Å². The molecule has 0 aliphatic heterocycles. The molecule has 3 aromatic heterocycles. The molecule has 0 unspecified atom stereocenters. The molecule has 8 nitrogen and oxygen atoms in total. The van der Waals surface area contributed by atoms with Gasteiger partial charge in [-0.1, -0.05) is 0 Å². The van der Waals surface area contributed by atoms with Gasteiger partial charge in [-0.15, -0.1) is 0 Å². The van der Waals surface area contributed by atoms with Crippen LogP contribution < -0.4 is 11.1 Å². The summed E-state index contributed by atoms with van der Waals surface area (Å²) >= 11 is 0. The molecule has 124 valence electrons. The van der Waals surface area contributed by atoms with Crippen LogP contribution in [0.4, 0.5) is 5.82 Å². The zero-order valence-electron chi connectivity index (χ0n) is 13.8. The Kier molecular flexibility index (Phi) is 4.03. The maximum absolute atomic E-state index is 12.6. The number of nitrogens with two attached hydrogens (primary N) is 1. The molecule has 0 radical (unpaired) electrons. The smallest absolute Gasteiger partial charge is 0.257 e. The summed E-state index contributed by atoms with van der Waals surface area (Å²) in [7, 11) is 1.81. The first-order valence-electron chi connectivity index (χ1n) is 7.50. The van der Waals surface area contributed by atoms with Crippen molar-refractivity contribution in [3.63, 3.8) is 0 Å².